The third kappa shape index (κ3) is 7.43. The summed E-state index contributed by atoms with van der Waals surface area (Å²) in [5.41, 5.74) is 0.0219. The van der Waals surface area contributed by atoms with Gasteiger partial charge in [-0.3, -0.25) is 14.5 Å². The Morgan fingerprint density at radius 2 is 1.83 bits per heavy atom. The molecule has 1 aromatic carbocycles. The minimum absolute atomic E-state index is 0.0434. The number of carbonyl (C=O) groups excluding carboxylic acids is 2. The second kappa shape index (κ2) is 8.26. The summed E-state index contributed by atoms with van der Waals surface area (Å²) in [7, 11) is 0. The Balaban J connectivity index is 2.58. The lowest BCUT2D eigenvalue weighted by molar-refractivity contribution is -0.124. The van der Waals surface area contributed by atoms with E-state index in [1.807, 2.05) is 27.7 Å². The van der Waals surface area contributed by atoms with E-state index >= 15 is 0 Å². The average Bonchev–Trinajstić information content (AvgIpc) is 2.39. The number of halogens is 2. The fourth-order valence-corrected chi connectivity index (χ4v) is 2.14. The van der Waals surface area contributed by atoms with Crippen molar-refractivity contribution in [3.05, 3.63) is 29.0 Å². The van der Waals surface area contributed by atoms with Crippen molar-refractivity contribution in [1.29, 1.82) is 0 Å². The average molecular weight is 344 g/mol. The van der Waals surface area contributed by atoms with Crippen LogP contribution in [-0.2, 0) is 9.59 Å². The van der Waals surface area contributed by atoms with Crippen molar-refractivity contribution in [3.63, 3.8) is 0 Å². The largest absolute Gasteiger partial charge is 0.350 e. The van der Waals surface area contributed by atoms with Gasteiger partial charge in [-0.1, -0.05) is 18.5 Å². The molecule has 0 spiro atoms. The molecule has 0 heterocycles. The number of nitrogens with zero attached hydrogens (tertiary/aromatic N) is 1. The molecule has 0 bridgehead atoms. The Bertz CT molecular complexity index is 573. The van der Waals surface area contributed by atoms with E-state index in [2.05, 4.69) is 10.6 Å². The molecule has 0 unspecified atom stereocenters. The van der Waals surface area contributed by atoms with Gasteiger partial charge in [-0.15, -0.1) is 0 Å². The second-order valence-corrected chi connectivity index (χ2v) is 6.68. The van der Waals surface area contributed by atoms with E-state index in [0.29, 0.717) is 12.2 Å². The fourth-order valence-electron chi connectivity index (χ4n) is 1.92. The summed E-state index contributed by atoms with van der Waals surface area (Å²) >= 11 is 5.87. The third-order valence-electron chi connectivity index (χ3n) is 2.90. The lowest BCUT2D eigenvalue weighted by atomic mass is 10.1. The quantitative estimate of drug-likeness (QED) is 0.834. The van der Waals surface area contributed by atoms with Gasteiger partial charge in [-0.2, -0.15) is 0 Å². The smallest absolute Gasteiger partial charge is 0.238 e. The number of rotatable bonds is 6. The summed E-state index contributed by atoms with van der Waals surface area (Å²) in [6.07, 6.45) is 0. The standard InChI is InChI=1S/C16H23ClFN3O2/c1-5-21(10-15(23)20-16(2,3)4)9-14(22)19-13-7-6-11(18)8-12(13)17/h6-8H,5,9-10H2,1-4H3,(H,19,22)(H,20,23). The highest BCUT2D eigenvalue weighted by Gasteiger charge is 2.18. The van der Waals surface area contributed by atoms with Crippen LogP contribution in [0.15, 0.2) is 18.2 Å². The molecule has 0 radical (unpaired) electrons. The molecule has 1 aromatic rings. The first kappa shape index (κ1) is 19.4. The maximum atomic E-state index is 13.0. The molecule has 0 saturated heterocycles. The second-order valence-electron chi connectivity index (χ2n) is 6.27. The summed E-state index contributed by atoms with van der Waals surface area (Å²) < 4.78 is 13.0. The highest BCUT2D eigenvalue weighted by molar-refractivity contribution is 6.33. The molecular weight excluding hydrogens is 321 g/mol. The molecular formula is C16H23ClFN3O2. The minimum atomic E-state index is -0.470. The number of anilines is 1. The van der Waals surface area contributed by atoms with Crippen molar-refractivity contribution in [2.45, 2.75) is 33.2 Å². The lowest BCUT2D eigenvalue weighted by Gasteiger charge is -2.24. The van der Waals surface area contributed by atoms with E-state index in [1.165, 1.54) is 12.1 Å². The van der Waals surface area contributed by atoms with E-state index in [0.717, 1.165) is 6.07 Å². The molecule has 0 aliphatic carbocycles. The molecule has 2 N–H and O–H groups in total. The number of likely N-dealkylation sites (N-methyl/N-ethyl adjacent to an activating group) is 1. The van der Waals surface area contributed by atoms with Crippen molar-refractivity contribution < 1.29 is 14.0 Å². The molecule has 5 nitrogen and oxygen atoms in total. The van der Waals surface area contributed by atoms with Crippen LogP contribution >= 0.6 is 11.6 Å². The zero-order valence-electron chi connectivity index (χ0n) is 13.9. The number of amides is 2. The van der Waals surface area contributed by atoms with Crippen molar-refractivity contribution in [2.75, 3.05) is 25.0 Å². The Hall–Kier alpha value is -1.66. The van der Waals surface area contributed by atoms with Gasteiger partial charge in [0.25, 0.3) is 0 Å². The van der Waals surface area contributed by atoms with Crippen LogP contribution in [0, 0.1) is 5.82 Å². The van der Waals surface area contributed by atoms with Crippen LogP contribution in [0.3, 0.4) is 0 Å². The zero-order chi connectivity index (χ0) is 17.6. The molecule has 1 rings (SSSR count). The van der Waals surface area contributed by atoms with E-state index < -0.39 is 5.82 Å². The molecule has 0 aliphatic rings. The molecule has 0 saturated carbocycles. The summed E-state index contributed by atoms with van der Waals surface area (Å²) in [6.45, 7) is 8.25. The van der Waals surface area contributed by atoms with Crippen LogP contribution in [0.1, 0.15) is 27.7 Å². The topological polar surface area (TPSA) is 61.4 Å². The van der Waals surface area contributed by atoms with Gasteiger partial charge in [0.15, 0.2) is 0 Å². The third-order valence-corrected chi connectivity index (χ3v) is 3.21. The highest BCUT2D eigenvalue weighted by Crippen LogP contribution is 2.22. The zero-order valence-corrected chi connectivity index (χ0v) is 14.6. The first-order valence-corrected chi connectivity index (χ1v) is 7.77. The summed E-state index contributed by atoms with van der Waals surface area (Å²) in [4.78, 5) is 25.7. The summed E-state index contributed by atoms with van der Waals surface area (Å²) in [5, 5.41) is 5.59. The number of carbonyl (C=O) groups is 2. The molecule has 0 fully saturated rings. The highest BCUT2D eigenvalue weighted by atomic mass is 35.5. The molecule has 0 aliphatic heterocycles. The predicted octanol–water partition coefficient (Wildman–Crippen LogP) is 2.65. The monoisotopic (exact) mass is 343 g/mol. The number of hydrogen-bond acceptors (Lipinski definition) is 3. The van der Waals surface area contributed by atoms with Crippen LogP contribution in [0.4, 0.5) is 10.1 Å². The van der Waals surface area contributed by atoms with Gasteiger partial charge in [0, 0.05) is 5.54 Å². The summed E-state index contributed by atoms with van der Waals surface area (Å²) in [6, 6.07) is 3.75. The lowest BCUT2D eigenvalue weighted by Crippen LogP contribution is -2.47. The summed E-state index contributed by atoms with van der Waals surface area (Å²) in [5.74, 6) is -0.932. The van der Waals surface area contributed by atoms with Crippen LogP contribution < -0.4 is 10.6 Å². The van der Waals surface area contributed by atoms with E-state index in [-0.39, 0.29) is 35.5 Å². The number of benzene rings is 1. The Labute approximate surface area is 141 Å². The minimum Gasteiger partial charge on any atom is -0.350 e. The van der Waals surface area contributed by atoms with Crippen molar-refractivity contribution in [3.8, 4) is 0 Å². The van der Waals surface area contributed by atoms with Gasteiger partial charge in [0.2, 0.25) is 11.8 Å². The van der Waals surface area contributed by atoms with Gasteiger partial charge >= 0.3 is 0 Å². The van der Waals surface area contributed by atoms with Gasteiger partial charge in [0.1, 0.15) is 5.82 Å². The van der Waals surface area contributed by atoms with Gasteiger partial charge in [0.05, 0.1) is 23.8 Å². The number of nitrogens with one attached hydrogen (secondary N) is 2. The van der Waals surface area contributed by atoms with Gasteiger partial charge in [-0.25, -0.2) is 4.39 Å². The van der Waals surface area contributed by atoms with E-state index in [4.69, 9.17) is 11.6 Å². The van der Waals surface area contributed by atoms with Gasteiger partial charge in [-0.05, 0) is 45.5 Å². The number of hydrogen-bond donors (Lipinski definition) is 2. The van der Waals surface area contributed by atoms with Crippen LogP contribution in [0.25, 0.3) is 0 Å². The normalized spacial score (nSPS) is 11.4. The molecule has 0 atom stereocenters. The SMILES string of the molecule is CCN(CC(=O)Nc1ccc(F)cc1Cl)CC(=O)NC(C)(C)C. The maximum absolute atomic E-state index is 13.0. The Kier molecular flexibility index (Phi) is 6.97. The molecule has 7 heteroatoms. The molecule has 23 heavy (non-hydrogen) atoms. The fraction of sp³-hybridized carbons (Fsp3) is 0.500. The van der Waals surface area contributed by atoms with Crippen LogP contribution in [0.5, 0.6) is 0 Å². The molecule has 0 aromatic heterocycles. The van der Waals surface area contributed by atoms with E-state index in [1.54, 1.807) is 4.90 Å². The Morgan fingerprint density at radius 1 is 1.22 bits per heavy atom. The van der Waals surface area contributed by atoms with Crippen molar-refractivity contribution in [1.82, 2.24) is 10.2 Å². The predicted molar refractivity (Wildman–Crippen MR) is 90.0 cm³/mol. The molecule has 128 valence electrons. The van der Waals surface area contributed by atoms with Crippen molar-refractivity contribution in [2.24, 2.45) is 0 Å². The van der Waals surface area contributed by atoms with Crippen LogP contribution in [-0.4, -0.2) is 41.9 Å². The first-order chi connectivity index (χ1) is 10.6. The first-order valence-electron chi connectivity index (χ1n) is 7.39. The van der Waals surface area contributed by atoms with Crippen molar-refractivity contribution >= 4 is 29.1 Å². The van der Waals surface area contributed by atoms with Gasteiger partial charge < -0.3 is 10.6 Å². The van der Waals surface area contributed by atoms with E-state index in [9.17, 15) is 14.0 Å². The maximum Gasteiger partial charge on any atom is 0.238 e. The molecule has 2 amide bonds. The van der Waals surface area contributed by atoms with Crippen LogP contribution in [0.2, 0.25) is 5.02 Å². The Morgan fingerprint density at radius 3 is 2.35 bits per heavy atom.